The third-order valence-electron chi connectivity index (χ3n) is 4.76. The molecular weight excluding hydrogens is 384 g/mol. The normalized spacial score (nSPS) is 11.6. The molecule has 29 heavy (non-hydrogen) atoms. The quantitative estimate of drug-likeness (QED) is 0.643. The number of rotatable bonds is 10. The third-order valence-corrected chi connectivity index (χ3v) is 5.75. The van der Waals surface area contributed by atoms with Crippen molar-refractivity contribution in [3.8, 4) is 5.75 Å². The Morgan fingerprint density at radius 3 is 2.24 bits per heavy atom. The number of nitrogens with one attached hydrogen (secondary N) is 1. The molecule has 1 N–H and O–H groups in total. The molecule has 0 heterocycles. The van der Waals surface area contributed by atoms with Gasteiger partial charge in [-0.05, 0) is 36.6 Å². The van der Waals surface area contributed by atoms with Gasteiger partial charge in [0.15, 0.2) is 0 Å². The summed E-state index contributed by atoms with van der Waals surface area (Å²) in [6.07, 6.45) is 0.570. The number of carbonyl (C=O) groups excluding carboxylic acids is 2. The number of hydrogen-bond donors (Lipinski definition) is 1. The van der Waals surface area contributed by atoms with Crippen LogP contribution >= 0.6 is 11.8 Å². The first-order valence-electron chi connectivity index (χ1n) is 9.75. The van der Waals surface area contributed by atoms with E-state index in [4.69, 9.17) is 4.74 Å². The lowest BCUT2D eigenvalue weighted by Gasteiger charge is -2.30. The number of hydrogen-bond acceptors (Lipinski definition) is 4. The van der Waals surface area contributed by atoms with E-state index >= 15 is 0 Å². The van der Waals surface area contributed by atoms with Crippen LogP contribution in [0.1, 0.15) is 30.0 Å². The standard InChI is InChI=1S/C23H30N2O3S/c1-5-21(23(27)24-3)25(14-18-8-6-17(2)7-9-18)22(26)16-29-15-19-10-12-20(28-4)13-11-19/h6-13,21H,5,14-16H2,1-4H3,(H,24,27)/t21-/m1/s1. The second kappa shape index (κ2) is 11.5. The van der Waals surface area contributed by atoms with Crippen LogP contribution in [0.4, 0.5) is 0 Å². The van der Waals surface area contributed by atoms with Gasteiger partial charge in [0.2, 0.25) is 11.8 Å². The Bertz CT molecular complexity index is 791. The van der Waals surface area contributed by atoms with Gasteiger partial charge in [-0.3, -0.25) is 9.59 Å². The lowest BCUT2D eigenvalue weighted by atomic mass is 10.1. The number of likely N-dealkylation sites (N-methyl/N-ethyl adjacent to an activating group) is 1. The van der Waals surface area contributed by atoms with E-state index in [-0.39, 0.29) is 11.8 Å². The lowest BCUT2D eigenvalue weighted by molar-refractivity contribution is -0.139. The van der Waals surface area contributed by atoms with E-state index in [1.807, 2.05) is 62.4 Å². The number of nitrogens with zero attached hydrogens (tertiary/aromatic N) is 1. The zero-order valence-corrected chi connectivity index (χ0v) is 18.4. The van der Waals surface area contributed by atoms with E-state index in [0.717, 1.165) is 22.6 Å². The Balaban J connectivity index is 2.05. The number of aryl methyl sites for hydroxylation is 1. The summed E-state index contributed by atoms with van der Waals surface area (Å²) in [6.45, 7) is 4.38. The maximum Gasteiger partial charge on any atom is 0.242 e. The second-order valence-electron chi connectivity index (χ2n) is 6.89. The SMILES string of the molecule is CC[C@H](C(=O)NC)N(Cc1ccc(C)cc1)C(=O)CSCc1ccc(OC)cc1. The van der Waals surface area contributed by atoms with Crippen molar-refractivity contribution in [3.05, 3.63) is 65.2 Å². The molecule has 0 radical (unpaired) electrons. The molecule has 2 amide bonds. The maximum absolute atomic E-state index is 13.0. The maximum atomic E-state index is 13.0. The van der Waals surface area contributed by atoms with E-state index in [1.165, 1.54) is 5.56 Å². The number of amides is 2. The van der Waals surface area contributed by atoms with E-state index in [1.54, 1.807) is 30.8 Å². The van der Waals surface area contributed by atoms with Crippen LogP contribution in [0.2, 0.25) is 0 Å². The average molecular weight is 415 g/mol. The summed E-state index contributed by atoms with van der Waals surface area (Å²) in [5.74, 6) is 1.71. The van der Waals surface area contributed by atoms with Gasteiger partial charge < -0.3 is 15.0 Å². The molecule has 0 fully saturated rings. The van der Waals surface area contributed by atoms with E-state index in [2.05, 4.69) is 5.32 Å². The van der Waals surface area contributed by atoms with Gasteiger partial charge in [-0.25, -0.2) is 0 Å². The highest BCUT2D eigenvalue weighted by molar-refractivity contribution is 7.99. The van der Waals surface area contributed by atoms with Crippen LogP contribution in [-0.4, -0.2) is 42.7 Å². The molecule has 0 saturated heterocycles. The third kappa shape index (κ3) is 6.82. The number of benzene rings is 2. The first kappa shape index (κ1) is 22.8. The van der Waals surface area contributed by atoms with Crippen LogP contribution in [0.5, 0.6) is 5.75 Å². The number of ether oxygens (including phenoxy) is 1. The van der Waals surface area contributed by atoms with Gasteiger partial charge >= 0.3 is 0 Å². The van der Waals surface area contributed by atoms with Crippen LogP contribution in [0, 0.1) is 6.92 Å². The molecule has 0 aromatic heterocycles. The van der Waals surface area contributed by atoms with Crippen molar-refractivity contribution in [2.24, 2.45) is 0 Å². The molecular formula is C23H30N2O3S. The van der Waals surface area contributed by atoms with Crippen LogP contribution in [0.3, 0.4) is 0 Å². The molecule has 2 aromatic rings. The van der Waals surface area contributed by atoms with Crippen molar-refractivity contribution in [2.75, 3.05) is 19.9 Å². The summed E-state index contributed by atoms with van der Waals surface area (Å²) in [4.78, 5) is 27.1. The van der Waals surface area contributed by atoms with Gasteiger partial charge in [0.1, 0.15) is 11.8 Å². The molecule has 2 aromatic carbocycles. The van der Waals surface area contributed by atoms with Gasteiger partial charge in [0.05, 0.1) is 12.9 Å². The minimum atomic E-state index is -0.476. The van der Waals surface area contributed by atoms with Crippen molar-refractivity contribution in [1.82, 2.24) is 10.2 Å². The molecule has 0 unspecified atom stereocenters. The largest absolute Gasteiger partial charge is 0.497 e. The fourth-order valence-electron chi connectivity index (χ4n) is 3.04. The monoisotopic (exact) mass is 414 g/mol. The highest BCUT2D eigenvalue weighted by Gasteiger charge is 2.27. The highest BCUT2D eigenvalue weighted by atomic mass is 32.2. The van der Waals surface area contributed by atoms with Crippen LogP contribution in [0.25, 0.3) is 0 Å². The van der Waals surface area contributed by atoms with Crippen molar-refractivity contribution >= 4 is 23.6 Å². The molecule has 6 heteroatoms. The predicted octanol–water partition coefficient (Wildman–Crippen LogP) is 3.79. The molecule has 156 valence electrons. The summed E-state index contributed by atoms with van der Waals surface area (Å²) >= 11 is 1.55. The van der Waals surface area contributed by atoms with Gasteiger partial charge in [-0.1, -0.05) is 48.9 Å². The van der Waals surface area contributed by atoms with E-state index < -0.39 is 6.04 Å². The van der Waals surface area contributed by atoms with Crippen molar-refractivity contribution < 1.29 is 14.3 Å². The molecule has 2 rings (SSSR count). The smallest absolute Gasteiger partial charge is 0.242 e. The number of carbonyl (C=O) groups is 2. The summed E-state index contributed by atoms with van der Waals surface area (Å²) < 4.78 is 5.17. The molecule has 0 bridgehead atoms. The first-order chi connectivity index (χ1) is 14.0. The molecule has 0 aliphatic rings. The molecule has 0 saturated carbocycles. The fraction of sp³-hybridized carbons (Fsp3) is 0.391. The Hall–Kier alpha value is -2.47. The molecule has 1 atom stereocenters. The van der Waals surface area contributed by atoms with E-state index in [0.29, 0.717) is 18.7 Å². The molecule has 0 spiro atoms. The second-order valence-corrected chi connectivity index (χ2v) is 7.87. The molecule has 0 aliphatic carbocycles. The van der Waals surface area contributed by atoms with E-state index in [9.17, 15) is 9.59 Å². The lowest BCUT2D eigenvalue weighted by Crippen LogP contribution is -2.48. The van der Waals surface area contributed by atoms with Crippen LogP contribution in [0.15, 0.2) is 48.5 Å². The molecule has 5 nitrogen and oxygen atoms in total. The fourth-order valence-corrected chi connectivity index (χ4v) is 3.91. The Morgan fingerprint density at radius 1 is 1.07 bits per heavy atom. The summed E-state index contributed by atoms with van der Waals surface area (Å²) in [7, 11) is 3.25. The zero-order chi connectivity index (χ0) is 21.2. The minimum absolute atomic E-state index is 0.0282. The van der Waals surface area contributed by atoms with Crippen LogP contribution < -0.4 is 10.1 Å². The topological polar surface area (TPSA) is 58.6 Å². The Labute approximate surface area is 177 Å². The highest BCUT2D eigenvalue weighted by Crippen LogP contribution is 2.19. The van der Waals surface area contributed by atoms with Crippen molar-refractivity contribution in [2.45, 2.75) is 38.6 Å². The van der Waals surface area contributed by atoms with Crippen LogP contribution in [-0.2, 0) is 21.9 Å². The summed E-state index contributed by atoms with van der Waals surface area (Å²) in [5, 5.41) is 2.69. The van der Waals surface area contributed by atoms with Gasteiger partial charge in [0.25, 0.3) is 0 Å². The number of thioether (sulfide) groups is 1. The van der Waals surface area contributed by atoms with Crippen molar-refractivity contribution in [3.63, 3.8) is 0 Å². The summed E-state index contributed by atoms with van der Waals surface area (Å²) in [6, 6.07) is 15.4. The molecule has 0 aliphatic heterocycles. The number of methoxy groups -OCH3 is 1. The van der Waals surface area contributed by atoms with Gasteiger partial charge in [0, 0.05) is 19.3 Å². The van der Waals surface area contributed by atoms with Gasteiger partial charge in [-0.15, -0.1) is 11.8 Å². The van der Waals surface area contributed by atoms with Gasteiger partial charge in [-0.2, -0.15) is 0 Å². The zero-order valence-electron chi connectivity index (χ0n) is 17.6. The Kier molecular flexibility index (Phi) is 9.06. The minimum Gasteiger partial charge on any atom is -0.497 e. The Morgan fingerprint density at radius 2 is 1.69 bits per heavy atom. The average Bonchev–Trinajstić information content (AvgIpc) is 2.75. The van der Waals surface area contributed by atoms with Crippen molar-refractivity contribution in [1.29, 1.82) is 0 Å². The summed E-state index contributed by atoms with van der Waals surface area (Å²) in [5.41, 5.74) is 3.32. The predicted molar refractivity (Wildman–Crippen MR) is 119 cm³/mol. The first-order valence-corrected chi connectivity index (χ1v) is 10.9.